The Morgan fingerprint density at radius 2 is 2.10 bits per heavy atom. The summed E-state index contributed by atoms with van der Waals surface area (Å²) in [4.78, 5) is 8.31. The Morgan fingerprint density at radius 1 is 1.25 bits per heavy atom. The largest absolute Gasteiger partial charge is 0.398 e. The van der Waals surface area contributed by atoms with Gasteiger partial charge >= 0.3 is 0 Å². The summed E-state index contributed by atoms with van der Waals surface area (Å²) in [6.45, 7) is 6.64. The van der Waals surface area contributed by atoms with Gasteiger partial charge in [-0.2, -0.15) is 0 Å². The van der Waals surface area contributed by atoms with Gasteiger partial charge in [-0.3, -0.25) is 4.98 Å². The van der Waals surface area contributed by atoms with Crippen LogP contribution in [-0.4, -0.2) is 27.7 Å². The van der Waals surface area contributed by atoms with E-state index in [2.05, 4.69) is 23.8 Å². The molecule has 2 aromatic rings. The SMILES string of the molecule is CC(C)CCOCCn1cncc1-c1cnccc1N. The van der Waals surface area contributed by atoms with Crippen LogP contribution in [0.3, 0.4) is 0 Å². The number of aromatic nitrogens is 3. The van der Waals surface area contributed by atoms with Crippen LogP contribution in [0.2, 0.25) is 0 Å². The van der Waals surface area contributed by atoms with Crippen molar-refractivity contribution in [3.05, 3.63) is 31.0 Å². The summed E-state index contributed by atoms with van der Waals surface area (Å²) < 4.78 is 7.69. The number of ether oxygens (including phenoxy) is 1. The van der Waals surface area contributed by atoms with Crippen molar-refractivity contribution in [3.63, 3.8) is 0 Å². The predicted octanol–water partition coefficient (Wildman–Crippen LogP) is 2.59. The Hall–Kier alpha value is -1.88. The standard InChI is InChI=1S/C15H22N4O/c1-12(2)4-7-20-8-6-19-11-18-10-15(19)13-9-17-5-3-14(13)16/h3,5,9-12H,4,6-8H2,1-2H3,(H2,16,17). The zero-order chi connectivity index (χ0) is 14.4. The van der Waals surface area contributed by atoms with Crippen molar-refractivity contribution >= 4 is 5.69 Å². The first-order valence-electron chi connectivity index (χ1n) is 6.96. The Bertz CT molecular complexity index is 536. The Balaban J connectivity index is 1.94. The fourth-order valence-electron chi connectivity index (χ4n) is 1.93. The molecule has 0 aliphatic carbocycles. The van der Waals surface area contributed by atoms with Crippen LogP contribution in [0, 0.1) is 5.92 Å². The number of imidazole rings is 1. The predicted molar refractivity (Wildman–Crippen MR) is 80.1 cm³/mol. The van der Waals surface area contributed by atoms with E-state index in [9.17, 15) is 0 Å². The highest BCUT2D eigenvalue weighted by Crippen LogP contribution is 2.23. The third-order valence-corrected chi connectivity index (χ3v) is 3.16. The average molecular weight is 274 g/mol. The van der Waals surface area contributed by atoms with Crippen LogP contribution in [-0.2, 0) is 11.3 Å². The topological polar surface area (TPSA) is 66.0 Å². The second-order valence-corrected chi connectivity index (χ2v) is 5.23. The number of rotatable bonds is 7. The van der Waals surface area contributed by atoms with Gasteiger partial charge in [-0.25, -0.2) is 4.98 Å². The van der Waals surface area contributed by atoms with E-state index < -0.39 is 0 Å². The van der Waals surface area contributed by atoms with Crippen LogP contribution in [0.25, 0.3) is 11.3 Å². The van der Waals surface area contributed by atoms with Gasteiger partial charge in [0.25, 0.3) is 0 Å². The molecule has 0 aliphatic rings. The third kappa shape index (κ3) is 3.81. The molecule has 0 unspecified atom stereocenters. The monoisotopic (exact) mass is 274 g/mol. The summed E-state index contributed by atoms with van der Waals surface area (Å²) in [5.74, 6) is 0.675. The first-order valence-corrected chi connectivity index (χ1v) is 6.96. The maximum atomic E-state index is 5.98. The van der Waals surface area contributed by atoms with Gasteiger partial charge < -0.3 is 15.0 Å². The van der Waals surface area contributed by atoms with Crippen LogP contribution >= 0.6 is 0 Å². The molecule has 20 heavy (non-hydrogen) atoms. The fourth-order valence-corrected chi connectivity index (χ4v) is 1.93. The van der Waals surface area contributed by atoms with Gasteiger partial charge in [-0.15, -0.1) is 0 Å². The Labute approximate surface area is 119 Å². The van der Waals surface area contributed by atoms with Gasteiger partial charge in [-0.1, -0.05) is 13.8 Å². The molecule has 0 radical (unpaired) electrons. The molecule has 0 aliphatic heterocycles. The molecular weight excluding hydrogens is 252 g/mol. The number of nitrogen functional groups attached to an aromatic ring is 1. The lowest BCUT2D eigenvalue weighted by Crippen LogP contribution is -2.08. The summed E-state index contributed by atoms with van der Waals surface area (Å²) in [6.07, 6.45) is 8.15. The number of hydrogen-bond acceptors (Lipinski definition) is 4. The Kier molecular flexibility index (Phi) is 5.12. The van der Waals surface area contributed by atoms with E-state index in [0.717, 1.165) is 30.8 Å². The first kappa shape index (κ1) is 14.5. The molecule has 5 heteroatoms. The Morgan fingerprint density at radius 3 is 2.85 bits per heavy atom. The number of anilines is 1. The molecule has 0 spiro atoms. The number of nitrogens with two attached hydrogens (primary N) is 1. The van der Waals surface area contributed by atoms with Crippen molar-refractivity contribution in [1.82, 2.24) is 14.5 Å². The van der Waals surface area contributed by atoms with Crippen molar-refractivity contribution in [1.29, 1.82) is 0 Å². The lowest BCUT2D eigenvalue weighted by atomic mass is 10.1. The lowest BCUT2D eigenvalue weighted by molar-refractivity contribution is 0.116. The van der Waals surface area contributed by atoms with Crippen LogP contribution < -0.4 is 5.73 Å². The molecule has 5 nitrogen and oxygen atoms in total. The summed E-state index contributed by atoms with van der Waals surface area (Å²) in [6, 6.07) is 1.80. The second kappa shape index (κ2) is 7.05. The highest BCUT2D eigenvalue weighted by Gasteiger charge is 2.08. The van der Waals surface area contributed by atoms with Crippen molar-refractivity contribution in [2.45, 2.75) is 26.8 Å². The molecule has 0 fully saturated rings. The van der Waals surface area contributed by atoms with Crippen molar-refractivity contribution in [2.75, 3.05) is 18.9 Å². The van der Waals surface area contributed by atoms with Crippen molar-refractivity contribution < 1.29 is 4.74 Å². The minimum Gasteiger partial charge on any atom is -0.398 e. The van der Waals surface area contributed by atoms with E-state index in [0.29, 0.717) is 18.2 Å². The molecule has 0 saturated heterocycles. The van der Waals surface area contributed by atoms with Crippen molar-refractivity contribution in [3.8, 4) is 11.3 Å². The molecule has 0 amide bonds. The number of nitrogens with zero attached hydrogens (tertiary/aromatic N) is 3. The van der Waals surface area contributed by atoms with Gasteiger partial charge in [0.2, 0.25) is 0 Å². The minimum absolute atomic E-state index is 0.675. The zero-order valence-corrected chi connectivity index (χ0v) is 12.1. The maximum Gasteiger partial charge on any atom is 0.0951 e. The number of hydrogen-bond donors (Lipinski definition) is 1. The molecule has 2 heterocycles. The fraction of sp³-hybridized carbons (Fsp3) is 0.467. The van der Waals surface area contributed by atoms with E-state index >= 15 is 0 Å². The zero-order valence-electron chi connectivity index (χ0n) is 12.1. The average Bonchev–Trinajstić information content (AvgIpc) is 2.87. The molecule has 2 N–H and O–H groups in total. The highest BCUT2D eigenvalue weighted by atomic mass is 16.5. The van der Waals surface area contributed by atoms with Crippen LogP contribution in [0.1, 0.15) is 20.3 Å². The van der Waals surface area contributed by atoms with E-state index in [1.54, 1.807) is 24.8 Å². The van der Waals surface area contributed by atoms with Gasteiger partial charge in [0.1, 0.15) is 0 Å². The van der Waals surface area contributed by atoms with E-state index in [-0.39, 0.29) is 0 Å². The smallest absolute Gasteiger partial charge is 0.0951 e. The third-order valence-electron chi connectivity index (χ3n) is 3.16. The summed E-state index contributed by atoms with van der Waals surface area (Å²) >= 11 is 0. The minimum atomic E-state index is 0.675. The normalized spacial score (nSPS) is 11.2. The molecule has 2 rings (SSSR count). The summed E-state index contributed by atoms with van der Waals surface area (Å²) in [7, 11) is 0. The number of pyridine rings is 1. The molecular formula is C15H22N4O. The van der Waals surface area contributed by atoms with Gasteiger partial charge in [-0.05, 0) is 18.4 Å². The maximum absolute atomic E-state index is 5.98. The summed E-state index contributed by atoms with van der Waals surface area (Å²) in [5.41, 5.74) is 8.57. The molecule has 0 saturated carbocycles. The van der Waals surface area contributed by atoms with Gasteiger partial charge in [0, 0.05) is 36.8 Å². The van der Waals surface area contributed by atoms with E-state index in [4.69, 9.17) is 10.5 Å². The van der Waals surface area contributed by atoms with Gasteiger partial charge in [0.15, 0.2) is 0 Å². The quantitative estimate of drug-likeness (QED) is 0.788. The van der Waals surface area contributed by atoms with Crippen LogP contribution in [0.4, 0.5) is 5.69 Å². The highest BCUT2D eigenvalue weighted by molar-refractivity contribution is 5.72. The molecule has 0 aromatic carbocycles. The van der Waals surface area contributed by atoms with Gasteiger partial charge in [0.05, 0.1) is 24.8 Å². The van der Waals surface area contributed by atoms with Crippen LogP contribution in [0.15, 0.2) is 31.0 Å². The molecule has 108 valence electrons. The van der Waals surface area contributed by atoms with Crippen LogP contribution in [0.5, 0.6) is 0 Å². The first-order chi connectivity index (χ1) is 9.68. The lowest BCUT2D eigenvalue weighted by Gasteiger charge is -2.10. The van der Waals surface area contributed by atoms with Crippen molar-refractivity contribution in [2.24, 2.45) is 5.92 Å². The summed E-state index contributed by atoms with van der Waals surface area (Å²) in [5, 5.41) is 0. The molecule has 0 atom stereocenters. The second-order valence-electron chi connectivity index (χ2n) is 5.23. The molecule has 0 bridgehead atoms. The molecule has 2 aromatic heterocycles. The van der Waals surface area contributed by atoms with E-state index in [1.165, 1.54) is 0 Å². The van der Waals surface area contributed by atoms with E-state index in [1.807, 2.05) is 10.8 Å².